The molecule has 0 aliphatic carbocycles. The molecule has 1 aliphatic heterocycles. The van der Waals surface area contributed by atoms with Gasteiger partial charge in [0.2, 0.25) is 0 Å². The maximum atomic E-state index is 5.96. The number of hydrogen-bond acceptors (Lipinski definition) is 5. The number of piperazine rings is 1. The molecule has 1 saturated heterocycles. The summed E-state index contributed by atoms with van der Waals surface area (Å²) in [5, 5.41) is 0. The maximum Gasteiger partial charge on any atom is 0.161 e. The molecule has 1 aliphatic rings. The lowest BCUT2D eigenvalue weighted by Crippen LogP contribution is -2.45. The molecule has 31 heavy (non-hydrogen) atoms. The van der Waals surface area contributed by atoms with Gasteiger partial charge in [-0.3, -0.25) is 4.90 Å². The van der Waals surface area contributed by atoms with E-state index in [0.717, 1.165) is 62.6 Å². The Bertz CT molecular complexity index is 979. The number of hydrogen-bond donors (Lipinski definition) is 0. The minimum Gasteiger partial charge on any atom is -0.493 e. The molecule has 1 aromatic heterocycles. The van der Waals surface area contributed by atoms with Crippen molar-refractivity contribution < 1.29 is 9.47 Å². The van der Waals surface area contributed by atoms with Crippen LogP contribution in [0.3, 0.4) is 0 Å². The van der Waals surface area contributed by atoms with Crippen molar-refractivity contribution in [3.63, 3.8) is 0 Å². The van der Waals surface area contributed by atoms with Crippen LogP contribution in [0.15, 0.2) is 48.5 Å². The van der Waals surface area contributed by atoms with E-state index in [1.54, 1.807) is 7.11 Å². The number of methoxy groups -OCH3 is 1. The molecular formula is C25H34N4O2. The molecule has 0 amide bonds. The second-order valence-electron chi connectivity index (χ2n) is 8.33. The Morgan fingerprint density at radius 2 is 1.65 bits per heavy atom. The van der Waals surface area contributed by atoms with Crippen LogP contribution in [-0.4, -0.2) is 66.3 Å². The van der Waals surface area contributed by atoms with Crippen LogP contribution in [0.25, 0.3) is 11.0 Å². The fourth-order valence-corrected chi connectivity index (χ4v) is 4.31. The number of rotatable bonds is 9. The molecule has 3 aromatic rings. The van der Waals surface area contributed by atoms with Gasteiger partial charge in [0.1, 0.15) is 5.82 Å². The van der Waals surface area contributed by atoms with Gasteiger partial charge in [-0.25, -0.2) is 4.98 Å². The lowest BCUT2D eigenvalue weighted by molar-refractivity contribution is 0.113. The summed E-state index contributed by atoms with van der Waals surface area (Å²) >= 11 is 0. The normalized spacial score (nSPS) is 16.5. The van der Waals surface area contributed by atoms with Gasteiger partial charge in [0.25, 0.3) is 0 Å². The van der Waals surface area contributed by atoms with E-state index in [1.807, 2.05) is 24.3 Å². The molecule has 2 aromatic carbocycles. The molecule has 0 spiro atoms. The molecule has 6 nitrogen and oxygen atoms in total. The van der Waals surface area contributed by atoms with Crippen LogP contribution in [0.1, 0.15) is 31.6 Å². The molecule has 0 saturated carbocycles. The molecule has 4 rings (SSSR count). The molecule has 0 N–H and O–H groups in total. The van der Waals surface area contributed by atoms with Gasteiger partial charge >= 0.3 is 0 Å². The Balaban J connectivity index is 1.41. The highest BCUT2D eigenvalue weighted by Gasteiger charge is 2.24. The van der Waals surface area contributed by atoms with Crippen LogP contribution in [0.2, 0.25) is 0 Å². The van der Waals surface area contributed by atoms with Crippen LogP contribution in [0.4, 0.5) is 0 Å². The first-order chi connectivity index (χ1) is 15.2. The fourth-order valence-electron chi connectivity index (χ4n) is 4.31. The second-order valence-corrected chi connectivity index (χ2v) is 8.33. The monoisotopic (exact) mass is 422 g/mol. The molecule has 166 valence electrons. The summed E-state index contributed by atoms with van der Waals surface area (Å²) in [6.45, 7) is 8.34. The number of benzene rings is 2. The number of fused-ring (bicyclic) bond motifs is 1. The van der Waals surface area contributed by atoms with Crippen LogP contribution < -0.4 is 9.47 Å². The molecule has 0 bridgehead atoms. The summed E-state index contributed by atoms with van der Waals surface area (Å²) in [6.07, 6.45) is 2.02. The van der Waals surface area contributed by atoms with Crippen LogP contribution in [0, 0.1) is 0 Å². The predicted molar refractivity (Wildman–Crippen MR) is 125 cm³/mol. The zero-order chi connectivity index (χ0) is 21.6. The number of likely N-dealkylation sites (N-methyl/N-ethyl adjacent to an activating group) is 1. The zero-order valence-electron chi connectivity index (χ0n) is 19.0. The van der Waals surface area contributed by atoms with Crippen LogP contribution in [-0.2, 0) is 6.54 Å². The summed E-state index contributed by atoms with van der Waals surface area (Å²) in [7, 11) is 3.87. The average molecular weight is 423 g/mol. The van der Waals surface area contributed by atoms with Gasteiger partial charge in [0.15, 0.2) is 11.5 Å². The van der Waals surface area contributed by atoms with Crippen molar-refractivity contribution in [2.24, 2.45) is 0 Å². The van der Waals surface area contributed by atoms with Crippen molar-refractivity contribution in [1.82, 2.24) is 19.4 Å². The lowest BCUT2D eigenvalue weighted by atomic mass is 10.2. The average Bonchev–Trinajstić information content (AvgIpc) is 3.18. The molecule has 1 fully saturated rings. The van der Waals surface area contributed by atoms with E-state index in [4.69, 9.17) is 14.5 Å². The predicted octanol–water partition coefficient (Wildman–Crippen LogP) is 4.21. The Kier molecular flexibility index (Phi) is 7.10. The van der Waals surface area contributed by atoms with Gasteiger partial charge in [0, 0.05) is 32.7 Å². The summed E-state index contributed by atoms with van der Waals surface area (Å²) in [6, 6.07) is 16.6. The Hall–Kier alpha value is -2.57. The minimum absolute atomic E-state index is 0.311. The molecule has 0 radical (unpaired) electrons. The van der Waals surface area contributed by atoms with E-state index >= 15 is 0 Å². The number of aromatic nitrogens is 2. The van der Waals surface area contributed by atoms with Crippen molar-refractivity contribution in [3.8, 4) is 11.5 Å². The summed E-state index contributed by atoms with van der Waals surface area (Å²) in [4.78, 5) is 9.99. The van der Waals surface area contributed by atoms with E-state index in [0.29, 0.717) is 12.6 Å². The lowest BCUT2D eigenvalue weighted by Gasteiger charge is -2.36. The molecule has 1 atom stereocenters. The maximum absolute atomic E-state index is 5.96. The fraction of sp³-hybridized carbons (Fsp3) is 0.480. The number of nitrogens with zero attached hydrogens (tertiary/aromatic N) is 4. The van der Waals surface area contributed by atoms with E-state index in [1.165, 1.54) is 11.3 Å². The second kappa shape index (κ2) is 10.2. The van der Waals surface area contributed by atoms with Gasteiger partial charge in [-0.2, -0.15) is 0 Å². The Morgan fingerprint density at radius 3 is 2.42 bits per heavy atom. The zero-order valence-corrected chi connectivity index (χ0v) is 19.0. The SMILES string of the molecule is COc1ccccc1OCCCCn1c(C(C)N2CCN(C)CC2)nc2ccccc21. The minimum atomic E-state index is 0.311. The van der Waals surface area contributed by atoms with Crippen molar-refractivity contribution in [1.29, 1.82) is 0 Å². The Morgan fingerprint density at radius 1 is 0.935 bits per heavy atom. The Labute approximate surface area is 185 Å². The van der Waals surface area contributed by atoms with Gasteiger partial charge in [-0.15, -0.1) is 0 Å². The molecule has 1 unspecified atom stereocenters. The number of unbranched alkanes of at least 4 members (excludes halogenated alkanes) is 1. The first-order valence-electron chi connectivity index (χ1n) is 11.3. The van der Waals surface area contributed by atoms with Gasteiger partial charge in [-0.1, -0.05) is 24.3 Å². The van der Waals surface area contributed by atoms with Crippen molar-refractivity contribution in [3.05, 3.63) is 54.4 Å². The first-order valence-corrected chi connectivity index (χ1v) is 11.3. The topological polar surface area (TPSA) is 42.8 Å². The van der Waals surface area contributed by atoms with E-state index in [-0.39, 0.29) is 0 Å². The molecular weight excluding hydrogens is 388 g/mol. The first kappa shape index (κ1) is 21.7. The number of aryl methyl sites for hydroxylation is 1. The molecule has 2 heterocycles. The smallest absolute Gasteiger partial charge is 0.161 e. The number of para-hydroxylation sites is 4. The van der Waals surface area contributed by atoms with Gasteiger partial charge in [0.05, 0.1) is 30.8 Å². The van der Waals surface area contributed by atoms with E-state index in [9.17, 15) is 0 Å². The highest BCUT2D eigenvalue weighted by atomic mass is 16.5. The van der Waals surface area contributed by atoms with Crippen molar-refractivity contribution in [2.45, 2.75) is 32.4 Å². The number of ether oxygens (including phenoxy) is 2. The summed E-state index contributed by atoms with van der Waals surface area (Å²) in [5.41, 5.74) is 2.31. The van der Waals surface area contributed by atoms with Crippen molar-refractivity contribution in [2.75, 3.05) is 46.9 Å². The third kappa shape index (κ3) is 5.02. The summed E-state index contributed by atoms with van der Waals surface area (Å²) in [5.74, 6) is 2.77. The highest BCUT2D eigenvalue weighted by molar-refractivity contribution is 5.76. The van der Waals surface area contributed by atoms with Gasteiger partial charge < -0.3 is 18.9 Å². The largest absolute Gasteiger partial charge is 0.493 e. The van der Waals surface area contributed by atoms with Crippen LogP contribution >= 0.6 is 0 Å². The molecule has 6 heteroatoms. The third-order valence-electron chi connectivity index (χ3n) is 6.25. The van der Waals surface area contributed by atoms with Crippen LogP contribution in [0.5, 0.6) is 11.5 Å². The number of imidazole rings is 1. The van der Waals surface area contributed by atoms with Crippen molar-refractivity contribution >= 4 is 11.0 Å². The third-order valence-corrected chi connectivity index (χ3v) is 6.25. The van der Waals surface area contributed by atoms with E-state index in [2.05, 4.69) is 52.6 Å². The van der Waals surface area contributed by atoms with Gasteiger partial charge in [-0.05, 0) is 51.1 Å². The summed E-state index contributed by atoms with van der Waals surface area (Å²) < 4.78 is 13.7. The quantitative estimate of drug-likeness (QED) is 0.483. The highest BCUT2D eigenvalue weighted by Crippen LogP contribution is 2.27. The van der Waals surface area contributed by atoms with E-state index < -0.39 is 0 Å². The standard InChI is InChI=1S/C25H34N4O2/c1-20(28-17-15-27(2)16-18-28)25-26-21-10-4-5-11-22(21)29(25)14-8-9-19-31-24-13-7-6-12-23(24)30-3/h4-7,10-13,20H,8-9,14-19H2,1-3H3.